The fraction of sp³-hybridized carbons (Fsp3) is 0.722. The third kappa shape index (κ3) is 3.01. The van der Waals surface area contributed by atoms with Gasteiger partial charge in [-0.3, -0.25) is 4.79 Å². The molecule has 0 spiro atoms. The van der Waals surface area contributed by atoms with Crippen LogP contribution < -0.4 is 9.80 Å². The van der Waals surface area contributed by atoms with Crippen LogP contribution in [0.15, 0.2) is 0 Å². The Bertz CT molecular complexity index is 773. The first kappa shape index (κ1) is 18.3. The zero-order valence-corrected chi connectivity index (χ0v) is 15.6. The largest absolute Gasteiger partial charge is 0.481 e. The molecule has 1 aliphatic carbocycles. The minimum absolute atomic E-state index is 0.165. The van der Waals surface area contributed by atoms with E-state index in [-0.39, 0.29) is 41.9 Å². The number of hydrogen-bond donors (Lipinski definition) is 2. The number of aliphatic hydroxyl groups is 1. The van der Waals surface area contributed by atoms with Crippen molar-refractivity contribution in [1.82, 2.24) is 9.97 Å². The molecule has 1 aromatic heterocycles. The van der Waals surface area contributed by atoms with Gasteiger partial charge in [0.15, 0.2) is 0 Å². The Labute approximate surface area is 156 Å². The Balaban J connectivity index is 1.62. The second kappa shape index (κ2) is 5.98. The highest BCUT2D eigenvalue weighted by atomic mass is 19.3. The van der Waals surface area contributed by atoms with Gasteiger partial charge in [0.05, 0.1) is 12.1 Å². The maximum atomic E-state index is 14.2. The van der Waals surface area contributed by atoms with E-state index < -0.39 is 18.0 Å². The molecule has 1 aromatic rings. The summed E-state index contributed by atoms with van der Waals surface area (Å²) in [4.78, 5) is 23.3. The van der Waals surface area contributed by atoms with Crippen molar-refractivity contribution in [2.75, 3.05) is 29.4 Å². The second-order valence-corrected chi connectivity index (χ2v) is 8.16. The minimum atomic E-state index is -3.10. The van der Waals surface area contributed by atoms with E-state index in [9.17, 15) is 18.7 Å². The van der Waals surface area contributed by atoms with Crippen molar-refractivity contribution < 1.29 is 23.8 Å². The SMILES string of the molecule is Cc1c(N2C[C@@H]3C(CC(=O)O)[C@@H]3C2)nc(N2C[C@@H](O)[C@@H]2C)nc1C(C)(F)F. The average Bonchev–Trinajstić information content (AvgIpc) is 3.02. The summed E-state index contributed by atoms with van der Waals surface area (Å²) < 4.78 is 28.3. The van der Waals surface area contributed by atoms with Gasteiger partial charge in [-0.25, -0.2) is 4.98 Å². The summed E-state index contributed by atoms with van der Waals surface area (Å²) in [5, 5.41) is 18.7. The lowest BCUT2D eigenvalue weighted by Gasteiger charge is -2.43. The molecule has 5 atom stereocenters. The zero-order chi connectivity index (χ0) is 19.7. The number of aromatic nitrogens is 2. The van der Waals surface area contributed by atoms with Crippen LogP contribution in [0.2, 0.25) is 0 Å². The number of β-amino-alcohol motifs (C(OH)–C–C–N with tert-alkyl or cyclic N) is 1. The molecule has 7 nitrogen and oxygen atoms in total. The molecule has 9 heteroatoms. The van der Waals surface area contributed by atoms with E-state index in [1.54, 1.807) is 11.8 Å². The lowest BCUT2D eigenvalue weighted by atomic mass is 10.0. The van der Waals surface area contributed by atoms with Crippen molar-refractivity contribution in [2.45, 2.75) is 45.3 Å². The number of hydrogen-bond acceptors (Lipinski definition) is 6. The summed E-state index contributed by atoms with van der Waals surface area (Å²) in [6.45, 7) is 5.83. The molecule has 2 N–H and O–H groups in total. The molecule has 0 bridgehead atoms. The molecule has 0 amide bonds. The molecule has 0 aromatic carbocycles. The van der Waals surface area contributed by atoms with Gasteiger partial charge in [-0.05, 0) is 31.6 Å². The van der Waals surface area contributed by atoms with Gasteiger partial charge >= 0.3 is 5.97 Å². The van der Waals surface area contributed by atoms with Crippen molar-refractivity contribution in [2.24, 2.45) is 17.8 Å². The molecule has 27 heavy (non-hydrogen) atoms. The minimum Gasteiger partial charge on any atom is -0.481 e. The number of piperidine rings is 1. The van der Waals surface area contributed by atoms with Gasteiger partial charge in [0.25, 0.3) is 5.92 Å². The van der Waals surface area contributed by atoms with E-state index in [0.717, 1.165) is 6.92 Å². The third-order valence-electron chi connectivity index (χ3n) is 6.29. The van der Waals surface area contributed by atoms with Gasteiger partial charge < -0.3 is 20.0 Å². The Morgan fingerprint density at radius 3 is 2.37 bits per heavy atom. The summed E-state index contributed by atoms with van der Waals surface area (Å²) in [5.74, 6) is -2.43. The molecule has 1 saturated carbocycles. The van der Waals surface area contributed by atoms with Crippen LogP contribution >= 0.6 is 0 Å². The average molecular weight is 382 g/mol. The van der Waals surface area contributed by atoms with Crippen LogP contribution in [0.25, 0.3) is 0 Å². The number of anilines is 2. The summed E-state index contributed by atoms with van der Waals surface area (Å²) >= 11 is 0. The number of fused-ring (bicyclic) bond motifs is 1. The number of rotatable bonds is 5. The van der Waals surface area contributed by atoms with E-state index >= 15 is 0 Å². The molecule has 3 fully saturated rings. The number of alkyl halides is 2. The normalized spacial score (nSPS) is 32.3. The molecular weight excluding hydrogens is 358 g/mol. The van der Waals surface area contributed by atoms with Crippen molar-refractivity contribution in [3.05, 3.63) is 11.3 Å². The quantitative estimate of drug-likeness (QED) is 0.800. The number of aliphatic carboxylic acids is 1. The summed E-state index contributed by atoms with van der Waals surface area (Å²) in [6.07, 6.45) is -0.348. The predicted octanol–water partition coefficient (Wildman–Crippen LogP) is 1.62. The number of halogens is 2. The molecule has 148 valence electrons. The maximum absolute atomic E-state index is 14.2. The number of carboxylic acids is 1. The zero-order valence-electron chi connectivity index (χ0n) is 15.6. The molecule has 0 radical (unpaired) electrons. The van der Waals surface area contributed by atoms with Crippen molar-refractivity contribution in [3.63, 3.8) is 0 Å². The summed E-state index contributed by atoms with van der Waals surface area (Å²) in [5.41, 5.74) is 0.0646. The second-order valence-electron chi connectivity index (χ2n) is 8.16. The van der Waals surface area contributed by atoms with E-state index in [1.165, 1.54) is 0 Å². The van der Waals surface area contributed by atoms with Crippen molar-refractivity contribution in [3.8, 4) is 0 Å². The molecule has 2 saturated heterocycles. The Hall–Kier alpha value is -2.03. The lowest BCUT2D eigenvalue weighted by Crippen LogP contribution is -2.59. The number of aliphatic hydroxyl groups excluding tert-OH is 1. The van der Waals surface area contributed by atoms with Crippen molar-refractivity contribution >= 4 is 17.7 Å². The lowest BCUT2D eigenvalue weighted by molar-refractivity contribution is -0.137. The smallest absolute Gasteiger partial charge is 0.303 e. The van der Waals surface area contributed by atoms with Gasteiger partial charge in [0.1, 0.15) is 11.5 Å². The first-order valence-electron chi connectivity index (χ1n) is 9.26. The molecule has 3 heterocycles. The van der Waals surface area contributed by atoms with Gasteiger partial charge in [-0.15, -0.1) is 0 Å². The Kier molecular flexibility index (Phi) is 4.06. The first-order chi connectivity index (χ1) is 12.6. The first-order valence-corrected chi connectivity index (χ1v) is 9.26. The Morgan fingerprint density at radius 2 is 1.89 bits per heavy atom. The molecule has 1 unspecified atom stereocenters. The van der Waals surface area contributed by atoms with E-state index in [4.69, 9.17) is 5.11 Å². The topological polar surface area (TPSA) is 89.8 Å². The monoisotopic (exact) mass is 382 g/mol. The Morgan fingerprint density at radius 1 is 1.26 bits per heavy atom. The highest BCUT2D eigenvalue weighted by Crippen LogP contribution is 2.54. The van der Waals surface area contributed by atoms with Crippen LogP contribution in [0, 0.1) is 24.7 Å². The van der Waals surface area contributed by atoms with Crippen LogP contribution in [0.4, 0.5) is 20.5 Å². The van der Waals surface area contributed by atoms with Crippen LogP contribution in [0.5, 0.6) is 0 Å². The van der Waals surface area contributed by atoms with Crippen LogP contribution in [0.1, 0.15) is 31.5 Å². The van der Waals surface area contributed by atoms with Crippen LogP contribution in [-0.4, -0.2) is 57.9 Å². The molecular formula is C18H24F2N4O3. The van der Waals surface area contributed by atoms with E-state index in [2.05, 4.69) is 9.97 Å². The van der Waals surface area contributed by atoms with Gasteiger partial charge in [0, 0.05) is 38.5 Å². The highest BCUT2D eigenvalue weighted by molar-refractivity contribution is 5.68. The fourth-order valence-corrected chi connectivity index (χ4v) is 4.54. The van der Waals surface area contributed by atoms with E-state index in [1.807, 2.05) is 11.8 Å². The predicted molar refractivity (Wildman–Crippen MR) is 94.1 cm³/mol. The molecule has 4 rings (SSSR count). The highest BCUT2D eigenvalue weighted by Gasteiger charge is 2.56. The van der Waals surface area contributed by atoms with Crippen LogP contribution in [-0.2, 0) is 10.7 Å². The molecule has 3 aliphatic rings. The van der Waals surface area contributed by atoms with Gasteiger partial charge in [-0.2, -0.15) is 13.8 Å². The molecule has 2 aliphatic heterocycles. The van der Waals surface area contributed by atoms with E-state index in [0.29, 0.717) is 31.0 Å². The summed E-state index contributed by atoms with van der Waals surface area (Å²) in [6, 6.07) is -0.217. The number of carbonyl (C=O) groups is 1. The third-order valence-corrected chi connectivity index (χ3v) is 6.29. The standard InChI is InChI=1S/C18H24F2N4O3/c1-8-15(18(3,19)20)21-17(24-7-13(25)9(24)2)22-16(8)23-5-11-10(4-14(26)27)12(11)6-23/h9-13,25H,4-7H2,1-3H3,(H,26,27)/t9-,10?,11-,12+,13+/m0/s1. The fourth-order valence-electron chi connectivity index (χ4n) is 4.54. The van der Waals surface area contributed by atoms with Crippen molar-refractivity contribution in [1.29, 1.82) is 0 Å². The van der Waals surface area contributed by atoms with Gasteiger partial charge in [0.2, 0.25) is 5.95 Å². The van der Waals surface area contributed by atoms with Gasteiger partial charge in [-0.1, -0.05) is 0 Å². The number of carboxylic acid groups (broad SMARTS) is 1. The van der Waals surface area contributed by atoms with Crippen LogP contribution in [0.3, 0.4) is 0 Å². The number of nitrogens with zero attached hydrogens (tertiary/aromatic N) is 4. The maximum Gasteiger partial charge on any atom is 0.303 e. The summed E-state index contributed by atoms with van der Waals surface area (Å²) in [7, 11) is 0.